The molecule has 2 aromatic rings. The van der Waals surface area contributed by atoms with E-state index in [9.17, 15) is 0 Å². The van der Waals surface area contributed by atoms with Crippen molar-refractivity contribution in [3.8, 4) is 11.1 Å². The molecule has 92 valence electrons. The molecule has 3 rings (SSSR count). The van der Waals surface area contributed by atoms with Crippen molar-refractivity contribution in [1.29, 1.82) is 0 Å². The molecule has 0 fully saturated rings. The lowest BCUT2D eigenvalue weighted by Crippen LogP contribution is -2.12. The number of aromatic nitrogens is 1. The molecule has 0 amide bonds. The van der Waals surface area contributed by atoms with Crippen LogP contribution in [0.5, 0.6) is 0 Å². The van der Waals surface area contributed by atoms with Gasteiger partial charge in [-0.05, 0) is 55.1 Å². The first-order valence-electron chi connectivity index (χ1n) is 6.50. The number of hydrogen-bond acceptors (Lipinski definition) is 2. The van der Waals surface area contributed by atoms with Gasteiger partial charge in [0, 0.05) is 24.0 Å². The fourth-order valence-corrected chi connectivity index (χ4v) is 2.93. The molecule has 1 aliphatic rings. The lowest BCUT2D eigenvalue weighted by atomic mass is 9.97. The molecule has 1 unspecified atom stereocenters. The maximum Gasteiger partial charge on any atom is 0.0346 e. The highest BCUT2D eigenvalue weighted by Crippen LogP contribution is 2.37. The molecule has 0 saturated heterocycles. The third-order valence-corrected chi connectivity index (χ3v) is 3.81. The predicted octanol–water partition coefficient (Wildman–Crippen LogP) is 3.26. The molecule has 1 atom stereocenters. The quantitative estimate of drug-likeness (QED) is 0.868. The summed E-state index contributed by atoms with van der Waals surface area (Å²) in [5, 5.41) is 3.39. The molecular weight excluding hydrogens is 220 g/mol. The summed E-state index contributed by atoms with van der Waals surface area (Å²) in [5.41, 5.74) is 6.75. The Hall–Kier alpha value is -1.67. The maximum absolute atomic E-state index is 4.31. The molecule has 0 bridgehead atoms. The SMILES string of the molecule is CNC1CCc2c(-c3cncc(C)c3)cccc21. The molecule has 1 aromatic heterocycles. The molecule has 1 N–H and O–H groups in total. The zero-order valence-corrected chi connectivity index (χ0v) is 10.9. The molecule has 0 spiro atoms. The van der Waals surface area contributed by atoms with E-state index >= 15 is 0 Å². The largest absolute Gasteiger partial charge is 0.313 e. The van der Waals surface area contributed by atoms with Crippen LogP contribution in [0.1, 0.15) is 29.2 Å². The van der Waals surface area contributed by atoms with Gasteiger partial charge in [0.1, 0.15) is 0 Å². The first-order valence-corrected chi connectivity index (χ1v) is 6.50. The standard InChI is InChI=1S/C16H18N2/c1-11-8-12(10-18-9-11)13-4-3-5-15-14(13)6-7-16(15)17-2/h3-5,8-10,16-17H,6-7H2,1-2H3. The van der Waals surface area contributed by atoms with Crippen molar-refractivity contribution in [2.24, 2.45) is 0 Å². The first-order chi connectivity index (χ1) is 8.79. The van der Waals surface area contributed by atoms with Gasteiger partial charge in [0.05, 0.1) is 0 Å². The van der Waals surface area contributed by atoms with Gasteiger partial charge in [0.2, 0.25) is 0 Å². The minimum absolute atomic E-state index is 0.512. The number of nitrogens with zero attached hydrogens (tertiary/aromatic N) is 1. The summed E-state index contributed by atoms with van der Waals surface area (Å²) in [6.45, 7) is 2.09. The monoisotopic (exact) mass is 238 g/mol. The van der Waals surface area contributed by atoms with Crippen molar-refractivity contribution in [3.63, 3.8) is 0 Å². The Bertz CT molecular complexity index is 575. The van der Waals surface area contributed by atoms with Crippen LogP contribution in [0.3, 0.4) is 0 Å². The van der Waals surface area contributed by atoms with Crippen LogP contribution in [0.4, 0.5) is 0 Å². The molecule has 2 heteroatoms. The highest BCUT2D eigenvalue weighted by atomic mass is 14.9. The summed E-state index contributed by atoms with van der Waals surface area (Å²) in [6.07, 6.45) is 6.23. The van der Waals surface area contributed by atoms with E-state index in [2.05, 4.69) is 41.5 Å². The van der Waals surface area contributed by atoms with E-state index in [0.717, 1.165) is 6.42 Å². The summed E-state index contributed by atoms with van der Waals surface area (Å²) < 4.78 is 0. The number of rotatable bonds is 2. The molecule has 1 aromatic carbocycles. The van der Waals surface area contributed by atoms with Crippen LogP contribution in [0, 0.1) is 6.92 Å². The van der Waals surface area contributed by atoms with E-state index in [1.165, 1.54) is 34.2 Å². The second-order valence-electron chi connectivity index (χ2n) is 5.00. The summed E-state index contributed by atoms with van der Waals surface area (Å²) in [7, 11) is 2.04. The Kier molecular flexibility index (Phi) is 2.88. The number of benzene rings is 1. The van der Waals surface area contributed by atoms with E-state index in [4.69, 9.17) is 0 Å². The summed E-state index contributed by atoms with van der Waals surface area (Å²) in [5.74, 6) is 0. The highest BCUT2D eigenvalue weighted by Gasteiger charge is 2.23. The summed E-state index contributed by atoms with van der Waals surface area (Å²) in [6, 6.07) is 9.35. The predicted molar refractivity (Wildman–Crippen MR) is 74.5 cm³/mol. The van der Waals surface area contributed by atoms with Gasteiger partial charge in [-0.3, -0.25) is 4.98 Å². The van der Waals surface area contributed by atoms with Crippen molar-refractivity contribution >= 4 is 0 Å². The van der Waals surface area contributed by atoms with Gasteiger partial charge >= 0.3 is 0 Å². The Balaban J connectivity index is 2.12. The van der Waals surface area contributed by atoms with Crippen LogP contribution in [-0.2, 0) is 6.42 Å². The van der Waals surface area contributed by atoms with Crippen LogP contribution >= 0.6 is 0 Å². The maximum atomic E-state index is 4.31. The second-order valence-corrected chi connectivity index (χ2v) is 5.00. The Labute approximate surface area is 108 Å². The Morgan fingerprint density at radius 1 is 1.28 bits per heavy atom. The van der Waals surface area contributed by atoms with Gasteiger partial charge < -0.3 is 5.32 Å². The highest BCUT2D eigenvalue weighted by molar-refractivity contribution is 5.69. The van der Waals surface area contributed by atoms with Crippen LogP contribution < -0.4 is 5.32 Å². The fraction of sp³-hybridized carbons (Fsp3) is 0.312. The zero-order chi connectivity index (χ0) is 12.5. The zero-order valence-electron chi connectivity index (χ0n) is 10.9. The van der Waals surface area contributed by atoms with Gasteiger partial charge in [0.15, 0.2) is 0 Å². The average Bonchev–Trinajstić information content (AvgIpc) is 2.81. The average molecular weight is 238 g/mol. The number of pyridine rings is 1. The lowest BCUT2D eigenvalue weighted by Gasteiger charge is -2.12. The molecule has 1 heterocycles. The molecule has 0 aliphatic heterocycles. The number of nitrogens with one attached hydrogen (secondary N) is 1. The lowest BCUT2D eigenvalue weighted by molar-refractivity contribution is 0.590. The van der Waals surface area contributed by atoms with E-state index < -0.39 is 0 Å². The first kappa shape index (κ1) is 11.4. The van der Waals surface area contributed by atoms with E-state index in [1.54, 1.807) is 0 Å². The minimum Gasteiger partial charge on any atom is -0.313 e. The van der Waals surface area contributed by atoms with Crippen LogP contribution in [0.2, 0.25) is 0 Å². The van der Waals surface area contributed by atoms with Crippen LogP contribution in [-0.4, -0.2) is 12.0 Å². The Morgan fingerprint density at radius 2 is 2.17 bits per heavy atom. The minimum atomic E-state index is 0.512. The van der Waals surface area contributed by atoms with E-state index in [0.29, 0.717) is 6.04 Å². The van der Waals surface area contributed by atoms with Crippen molar-refractivity contribution < 1.29 is 0 Å². The van der Waals surface area contributed by atoms with Crippen LogP contribution in [0.25, 0.3) is 11.1 Å². The molecule has 0 saturated carbocycles. The number of hydrogen-bond donors (Lipinski definition) is 1. The molecule has 1 aliphatic carbocycles. The fourth-order valence-electron chi connectivity index (χ4n) is 2.93. The smallest absolute Gasteiger partial charge is 0.0346 e. The van der Waals surface area contributed by atoms with Gasteiger partial charge in [0.25, 0.3) is 0 Å². The number of aryl methyl sites for hydroxylation is 1. The van der Waals surface area contributed by atoms with Crippen molar-refractivity contribution in [2.45, 2.75) is 25.8 Å². The van der Waals surface area contributed by atoms with Crippen molar-refractivity contribution in [3.05, 3.63) is 53.3 Å². The van der Waals surface area contributed by atoms with E-state index in [1.807, 2.05) is 19.4 Å². The number of fused-ring (bicyclic) bond motifs is 1. The molecule has 0 radical (unpaired) electrons. The topological polar surface area (TPSA) is 24.9 Å². The van der Waals surface area contributed by atoms with Gasteiger partial charge in [-0.15, -0.1) is 0 Å². The third-order valence-electron chi connectivity index (χ3n) is 3.81. The third kappa shape index (κ3) is 1.83. The molecule has 18 heavy (non-hydrogen) atoms. The summed E-state index contributed by atoms with van der Waals surface area (Å²) >= 11 is 0. The molecule has 2 nitrogen and oxygen atoms in total. The van der Waals surface area contributed by atoms with Crippen LogP contribution in [0.15, 0.2) is 36.7 Å². The van der Waals surface area contributed by atoms with Gasteiger partial charge in [-0.1, -0.05) is 18.2 Å². The summed E-state index contributed by atoms with van der Waals surface area (Å²) in [4.78, 5) is 4.31. The van der Waals surface area contributed by atoms with E-state index in [-0.39, 0.29) is 0 Å². The molecular formula is C16H18N2. The van der Waals surface area contributed by atoms with Gasteiger partial charge in [-0.2, -0.15) is 0 Å². The Morgan fingerprint density at radius 3 is 2.94 bits per heavy atom. The van der Waals surface area contributed by atoms with Gasteiger partial charge in [-0.25, -0.2) is 0 Å². The second kappa shape index (κ2) is 4.54. The van der Waals surface area contributed by atoms with Crippen molar-refractivity contribution in [2.75, 3.05) is 7.05 Å². The normalized spacial score (nSPS) is 17.8. The van der Waals surface area contributed by atoms with Crippen molar-refractivity contribution in [1.82, 2.24) is 10.3 Å².